The first-order valence-electron chi connectivity index (χ1n) is 8.83. The molecule has 0 aliphatic carbocycles. The van der Waals surface area contributed by atoms with Crippen molar-refractivity contribution >= 4 is 17.7 Å². The van der Waals surface area contributed by atoms with Crippen LogP contribution in [0.5, 0.6) is 0 Å². The SMILES string of the molecule is CC(C)OCCCNC(=O)CC1CSc2nc(C(C)(C)C)cc(=O)n21. The highest BCUT2D eigenvalue weighted by Crippen LogP contribution is 2.33. The van der Waals surface area contributed by atoms with Crippen molar-refractivity contribution in [3.05, 3.63) is 22.1 Å². The Bertz CT molecular complexity index is 665. The highest BCUT2D eigenvalue weighted by atomic mass is 32.2. The van der Waals surface area contributed by atoms with Gasteiger partial charge in [0.15, 0.2) is 5.16 Å². The number of aromatic nitrogens is 2. The van der Waals surface area contributed by atoms with Crippen molar-refractivity contribution in [2.24, 2.45) is 0 Å². The molecule has 0 aromatic carbocycles. The summed E-state index contributed by atoms with van der Waals surface area (Å²) in [4.78, 5) is 29.3. The highest BCUT2D eigenvalue weighted by molar-refractivity contribution is 7.99. The lowest BCUT2D eigenvalue weighted by Crippen LogP contribution is -2.32. The van der Waals surface area contributed by atoms with Crippen molar-refractivity contribution in [2.45, 2.75) is 70.2 Å². The number of carbonyl (C=O) groups excluding carboxylic acids is 1. The monoisotopic (exact) mass is 367 g/mol. The van der Waals surface area contributed by atoms with E-state index < -0.39 is 0 Å². The van der Waals surface area contributed by atoms with Gasteiger partial charge in [0, 0.05) is 36.8 Å². The van der Waals surface area contributed by atoms with Crippen LogP contribution in [0.15, 0.2) is 16.0 Å². The largest absolute Gasteiger partial charge is 0.379 e. The number of nitrogens with one attached hydrogen (secondary N) is 1. The van der Waals surface area contributed by atoms with Crippen LogP contribution in [0.1, 0.15) is 59.2 Å². The second kappa shape index (κ2) is 8.36. The Kier molecular flexibility index (Phi) is 6.68. The summed E-state index contributed by atoms with van der Waals surface area (Å²) in [5.74, 6) is 0.675. The Morgan fingerprint density at radius 3 is 2.84 bits per heavy atom. The molecule has 0 saturated carbocycles. The van der Waals surface area contributed by atoms with E-state index in [1.54, 1.807) is 22.4 Å². The van der Waals surface area contributed by atoms with E-state index in [-0.39, 0.29) is 29.0 Å². The Morgan fingerprint density at radius 2 is 2.20 bits per heavy atom. The van der Waals surface area contributed by atoms with E-state index in [9.17, 15) is 9.59 Å². The third-order valence-electron chi connectivity index (χ3n) is 3.97. The van der Waals surface area contributed by atoms with Crippen molar-refractivity contribution in [3.63, 3.8) is 0 Å². The molecule has 0 saturated heterocycles. The summed E-state index contributed by atoms with van der Waals surface area (Å²) in [5.41, 5.74) is 0.567. The van der Waals surface area contributed by atoms with Gasteiger partial charge in [0.1, 0.15) is 0 Å². The quantitative estimate of drug-likeness (QED) is 0.592. The van der Waals surface area contributed by atoms with E-state index in [4.69, 9.17) is 4.74 Å². The molecule has 1 aliphatic heterocycles. The van der Waals surface area contributed by atoms with Gasteiger partial charge in [-0.3, -0.25) is 14.2 Å². The van der Waals surface area contributed by atoms with Gasteiger partial charge in [-0.15, -0.1) is 0 Å². The fourth-order valence-electron chi connectivity index (χ4n) is 2.59. The van der Waals surface area contributed by atoms with Gasteiger partial charge in [0.25, 0.3) is 5.56 Å². The normalized spacial score (nSPS) is 17.0. The number of carbonyl (C=O) groups is 1. The Labute approximate surface area is 153 Å². The molecule has 1 aliphatic rings. The van der Waals surface area contributed by atoms with E-state index >= 15 is 0 Å². The molecule has 1 N–H and O–H groups in total. The lowest BCUT2D eigenvalue weighted by Gasteiger charge is -2.19. The predicted octanol–water partition coefficient (Wildman–Crippen LogP) is 2.51. The van der Waals surface area contributed by atoms with E-state index in [0.29, 0.717) is 25.3 Å². The molecule has 0 fully saturated rings. The van der Waals surface area contributed by atoms with Crippen molar-refractivity contribution < 1.29 is 9.53 Å². The molecule has 2 rings (SSSR count). The number of hydrogen-bond donors (Lipinski definition) is 1. The Morgan fingerprint density at radius 1 is 1.48 bits per heavy atom. The number of thioether (sulfide) groups is 1. The van der Waals surface area contributed by atoms with Crippen LogP contribution >= 0.6 is 11.8 Å². The van der Waals surface area contributed by atoms with E-state index in [2.05, 4.69) is 10.3 Å². The predicted molar refractivity (Wildman–Crippen MR) is 100 cm³/mol. The first-order valence-corrected chi connectivity index (χ1v) is 9.82. The van der Waals surface area contributed by atoms with Crippen LogP contribution in [-0.2, 0) is 14.9 Å². The lowest BCUT2D eigenvalue weighted by molar-refractivity contribution is -0.121. The maximum absolute atomic E-state index is 12.5. The summed E-state index contributed by atoms with van der Waals surface area (Å²) in [7, 11) is 0. The minimum Gasteiger partial charge on any atom is -0.379 e. The van der Waals surface area contributed by atoms with Crippen LogP contribution in [0.4, 0.5) is 0 Å². The summed E-state index contributed by atoms with van der Waals surface area (Å²) < 4.78 is 7.12. The number of nitrogens with zero attached hydrogens (tertiary/aromatic N) is 2. The van der Waals surface area contributed by atoms with E-state index in [1.807, 2.05) is 34.6 Å². The first-order chi connectivity index (χ1) is 11.7. The average molecular weight is 368 g/mol. The summed E-state index contributed by atoms with van der Waals surface area (Å²) in [6.07, 6.45) is 1.30. The van der Waals surface area contributed by atoms with E-state index in [1.165, 1.54) is 0 Å². The molecule has 140 valence electrons. The van der Waals surface area contributed by atoms with Crippen LogP contribution in [0.2, 0.25) is 0 Å². The third-order valence-corrected chi connectivity index (χ3v) is 5.07. The molecule has 1 aromatic heterocycles. The third kappa shape index (κ3) is 5.57. The molecule has 2 heterocycles. The van der Waals surface area contributed by atoms with Crippen LogP contribution in [0.25, 0.3) is 0 Å². The van der Waals surface area contributed by atoms with Crippen LogP contribution < -0.4 is 10.9 Å². The zero-order valence-corrected chi connectivity index (χ0v) is 16.6. The molecule has 7 heteroatoms. The van der Waals surface area contributed by atoms with Gasteiger partial charge in [-0.05, 0) is 20.3 Å². The summed E-state index contributed by atoms with van der Waals surface area (Å²) in [6.45, 7) is 11.3. The number of fused-ring (bicyclic) bond motifs is 1. The zero-order chi connectivity index (χ0) is 18.6. The van der Waals surface area contributed by atoms with Crippen LogP contribution in [-0.4, -0.2) is 40.5 Å². The number of amides is 1. The highest BCUT2D eigenvalue weighted by Gasteiger charge is 2.29. The fraction of sp³-hybridized carbons (Fsp3) is 0.722. The number of rotatable bonds is 7. The smallest absolute Gasteiger partial charge is 0.254 e. The average Bonchev–Trinajstić information content (AvgIpc) is 2.89. The minimum absolute atomic E-state index is 0.0326. The van der Waals surface area contributed by atoms with Crippen LogP contribution in [0.3, 0.4) is 0 Å². The molecule has 1 unspecified atom stereocenters. The topological polar surface area (TPSA) is 73.2 Å². The van der Waals surface area contributed by atoms with Gasteiger partial charge < -0.3 is 10.1 Å². The molecule has 0 radical (unpaired) electrons. The second-order valence-corrected chi connectivity index (χ2v) is 8.66. The van der Waals surface area contributed by atoms with E-state index in [0.717, 1.165) is 17.3 Å². The maximum atomic E-state index is 12.5. The van der Waals surface area contributed by atoms with Gasteiger partial charge >= 0.3 is 0 Å². The fourth-order valence-corrected chi connectivity index (χ4v) is 3.74. The summed E-state index contributed by atoms with van der Waals surface area (Å²) in [6, 6.07) is 1.48. The number of ether oxygens (including phenoxy) is 1. The summed E-state index contributed by atoms with van der Waals surface area (Å²) >= 11 is 1.55. The molecule has 1 aromatic rings. The molecule has 6 nitrogen and oxygen atoms in total. The van der Waals surface area contributed by atoms with Crippen molar-refractivity contribution in [3.8, 4) is 0 Å². The first kappa shape index (κ1) is 20.0. The van der Waals surface area contributed by atoms with Crippen molar-refractivity contribution in [1.82, 2.24) is 14.9 Å². The van der Waals surface area contributed by atoms with Gasteiger partial charge in [-0.25, -0.2) is 4.98 Å². The van der Waals surface area contributed by atoms with Crippen molar-refractivity contribution in [1.29, 1.82) is 0 Å². The number of hydrogen-bond acceptors (Lipinski definition) is 5. The molecule has 1 atom stereocenters. The van der Waals surface area contributed by atoms with Crippen molar-refractivity contribution in [2.75, 3.05) is 18.9 Å². The Balaban J connectivity index is 1.92. The molecule has 25 heavy (non-hydrogen) atoms. The van der Waals surface area contributed by atoms with Crippen LogP contribution in [0, 0.1) is 0 Å². The second-order valence-electron chi connectivity index (χ2n) is 7.67. The molecule has 1 amide bonds. The maximum Gasteiger partial charge on any atom is 0.254 e. The Hall–Kier alpha value is -1.34. The standard InChI is InChI=1S/C18H29N3O3S/c1-12(2)24-8-6-7-19-15(22)9-13-11-25-17-20-14(18(3,4)5)10-16(23)21(13)17/h10,12-13H,6-9,11H2,1-5H3,(H,19,22). The molecule has 0 bridgehead atoms. The summed E-state index contributed by atoms with van der Waals surface area (Å²) in [5, 5.41) is 3.63. The van der Waals surface area contributed by atoms with Gasteiger partial charge in [-0.1, -0.05) is 32.5 Å². The minimum atomic E-state index is -0.164. The molecular formula is C18H29N3O3S. The van der Waals surface area contributed by atoms with Gasteiger partial charge in [0.05, 0.1) is 17.8 Å². The lowest BCUT2D eigenvalue weighted by atomic mass is 9.92. The molecule has 0 spiro atoms. The zero-order valence-electron chi connectivity index (χ0n) is 15.8. The van der Waals surface area contributed by atoms with Gasteiger partial charge in [-0.2, -0.15) is 0 Å². The van der Waals surface area contributed by atoms with Gasteiger partial charge in [0.2, 0.25) is 5.91 Å². The molecular weight excluding hydrogens is 338 g/mol.